The molecule has 0 bridgehead atoms. The van der Waals surface area contributed by atoms with E-state index in [0.717, 1.165) is 42.4 Å². The molecule has 136 valence electrons. The summed E-state index contributed by atoms with van der Waals surface area (Å²) < 4.78 is 6.32. The van der Waals surface area contributed by atoms with E-state index in [4.69, 9.17) is 4.74 Å². The Morgan fingerprint density at radius 2 is 1.74 bits per heavy atom. The molecule has 0 atom stereocenters. The normalized spacial score (nSPS) is 12.7. The molecule has 0 aromatic heterocycles. The maximum Gasteiger partial charge on any atom is 0.150 e. The second-order valence-electron chi connectivity index (χ2n) is 7.28. The third-order valence-corrected chi connectivity index (χ3v) is 5.60. The van der Waals surface area contributed by atoms with Crippen molar-refractivity contribution in [3.8, 4) is 16.9 Å². The van der Waals surface area contributed by atoms with Crippen molar-refractivity contribution in [2.75, 3.05) is 0 Å². The van der Waals surface area contributed by atoms with Gasteiger partial charge < -0.3 is 4.74 Å². The highest BCUT2D eigenvalue weighted by molar-refractivity contribution is 5.80. The molecular weight excluding hydrogens is 332 g/mol. The number of aldehydes is 1. The fourth-order valence-corrected chi connectivity index (χ4v) is 4.16. The van der Waals surface area contributed by atoms with Crippen molar-refractivity contribution in [3.63, 3.8) is 0 Å². The van der Waals surface area contributed by atoms with Gasteiger partial charge in [0.1, 0.15) is 18.6 Å². The van der Waals surface area contributed by atoms with Crippen LogP contribution in [0.4, 0.5) is 0 Å². The van der Waals surface area contributed by atoms with E-state index in [9.17, 15) is 4.79 Å². The van der Waals surface area contributed by atoms with Crippen LogP contribution in [-0.4, -0.2) is 6.29 Å². The van der Waals surface area contributed by atoms with E-state index in [-0.39, 0.29) is 0 Å². The summed E-state index contributed by atoms with van der Waals surface area (Å²) >= 11 is 0. The first kappa shape index (κ1) is 17.5. The van der Waals surface area contributed by atoms with Gasteiger partial charge >= 0.3 is 0 Å². The number of hydrogen-bond donors (Lipinski definition) is 0. The molecule has 0 spiro atoms. The Labute approximate surface area is 160 Å². The lowest BCUT2D eigenvalue weighted by molar-refractivity contribution is 0.112. The molecule has 4 rings (SSSR count). The molecule has 0 amide bonds. The number of aryl methyl sites for hydroxylation is 1. The molecule has 27 heavy (non-hydrogen) atoms. The van der Waals surface area contributed by atoms with E-state index in [0.29, 0.717) is 6.61 Å². The van der Waals surface area contributed by atoms with Gasteiger partial charge in [-0.2, -0.15) is 0 Å². The molecule has 0 aliphatic heterocycles. The summed E-state index contributed by atoms with van der Waals surface area (Å²) in [6.45, 7) is 4.74. The largest absolute Gasteiger partial charge is 0.488 e. The minimum Gasteiger partial charge on any atom is -0.488 e. The van der Waals surface area contributed by atoms with Crippen LogP contribution in [0.1, 0.15) is 44.6 Å². The average molecular weight is 356 g/mol. The van der Waals surface area contributed by atoms with Gasteiger partial charge in [-0.05, 0) is 78.1 Å². The summed E-state index contributed by atoms with van der Waals surface area (Å²) in [7, 11) is 0. The van der Waals surface area contributed by atoms with E-state index in [1.807, 2.05) is 19.1 Å². The Bertz CT molecular complexity index is 987. The number of rotatable bonds is 5. The van der Waals surface area contributed by atoms with Gasteiger partial charge in [0.05, 0.1) is 0 Å². The maximum absolute atomic E-state index is 11.4. The zero-order valence-corrected chi connectivity index (χ0v) is 15.9. The first-order valence-electron chi connectivity index (χ1n) is 9.56. The van der Waals surface area contributed by atoms with Crippen LogP contribution in [0.15, 0.2) is 54.6 Å². The van der Waals surface area contributed by atoms with Crippen LogP contribution in [0.5, 0.6) is 5.75 Å². The highest BCUT2D eigenvalue weighted by Crippen LogP contribution is 2.36. The standard InChI is InChI=1S/C25H24O2/c1-17-14-21(15-26)23-12-7-13-24(23)25(17)27-16-20-10-6-11-22(18(20)2)19-8-4-3-5-9-19/h3-6,8-11,14-15H,7,12-13,16H2,1-2H3. The van der Waals surface area contributed by atoms with Crippen LogP contribution in [0.2, 0.25) is 0 Å². The van der Waals surface area contributed by atoms with Gasteiger partial charge in [-0.1, -0.05) is 48.5 Å². The SMILES string of the molecule is Cc1cc(C=O)c2c(c1OCc1cccc(-c3ccccc3)c1C)CCC2. The summed E-state index contributed by atoms with van der Waals surface area (Å²) in [4.78, 5) is 11.4. The van der Waals surface area contributed by atoms with Crippen molar-refractivity contribution < 1.29 is 9.53 Å². The maximum atomic E-state index is 11.4. The highest BCUT2D eigenvalue weighted by atomic mass is 16.5. The summed E-state index contributed by atoms with van der Waals surface area (Å²) in [6, 6.07) is 18.8. The second kappa shape index (κ2) is 7.40. The van der Waals surface area contributed by atoms with Crippen molar-refractivity contribution >= 4 is 6.29 Å². The lowest BCUT2D eigenvalue weighted by Crippen LogP contribution is -2.04. The Morgan fingerprint density at radius 1 is 0.963 bits per heavy atom. The fourth-order valence-electron chi connectivity index (χ4n) is 4.16. The van der Waals surface area contributed by atoms with Crippen LogP contribution < -0.4 is 4.74 Å². The first-order chi connectivity index (χ1) is 13.2. The van der Waals surface area contributed by atoms with Gasteiger partial charge in [0.2, 0.25) is 0 Å². The molecule has 1 aliphatic rings. The van der Waals surface area contributed by atoms with Crippen LogP contribution in [-0.2, 0) is 19.4 Å². The van der Waals surface area contributed by atoms with Crippen molar-refractivity contribution in [1.29, 1.82) is 0 Å². The van der Waals surface area contributed by atoms with Crippen molar-refractivity contribution in [3.05, 3.63) is 88.0 Å². The third-order valence-electron chi connectivity index (χ3n) is 5.60. The Hall–Kier alpha value is -2.87. The lowest BCUT2D eigenvalue weighted by Gasteiger charge is -2.17. The van der Waals surface area contributed by atoms with Crippen LogP contribution in [0.3, 0.4) is 0 Å². The zero-order valence-electron chi connectivity index (χ0n) is 15.9. The number of benzene rings is 3. The van der Waals surface area contributed by atoms with E-state index in [2.05, 4.69) is 49.4 Å². The third kappa shape index (κ3) is 3.28. The number of ether oxygens (including phenoxy) is 1. The lowest BCUT2D eigenvalue weighted by atomic mass is 9.96. The topological polar surface area (TPSA) is 26.3 Å². The Balaban J connectivity index is 1.64. The van der Waals surface area contributed by atoms with E-state index >= 15 is 0 Å². The molecule has 2 heteroatoms. The molecule has 3 aromatic rings. The molecule has 2 nitrogen and oxygen atoms in total. The van der Waals surface area contributed by atoms with Gasteiger partial charge in [0.25, 0.3) is 0 Å². The quantitative estimate of drug-likeness (QED) is 0.536. The summed E-state index contributed by atoms with van der Waals surface area (Å²) in [6.07, 6.45) is 4.05. The minimum atomic E-state index is 0.542. The fraction of sp³-hybridized carbons (Fsp3) is 0.240. The number of fused-ring (bicyclic) bond motifs is 1. The van der Waals surface area contributed by atoms with Gasteiger partial charge in [0.15, 0.2) is 0 Å². The zero-order chi connectivity index (χ0) is 18.8. The van der Waals surface area contributed by atoms with Crippen LogP contribution >= 0.6 is 0 Å². The molecule has 0 unspecified atom stereocenters. The predicted octanol–water partition coefficient (Wildman–Crippen LogP) is 5.85. The van der Waals surface area contributed by atoms with Crippen LogP contribution in [0, 0.1) is 13.8 Å². The van der Waals surface area contributed by atoms with Gasteiger partial charge in [0, 0.05) is 5.56 Å². The predicted molar refractivity (Wildman–Crippen MR) is 110 cm³/mol. The Kier molecular flexibility index (Phi) is 4.81. The van der Waals surface area contributed by atoms with Crippen molar-refractivity contribution in [2.45, 2.75) is 39.7 Å². The smallest absolute Gasteiger partial charge is 0.150 e. The molecule has 0 fully saturated rings. The van der Waals surface area contributed by atoms with E-state index < -0.39 is 0 Å². The summed E-state index contributed by atoms with van der Waals surface area (Å²) in [5.41, 5.74) is 9.21. The van der Waals surface area contributed by atoms with Gasteiger partial charge in [-0.3, -0.25) is 4.79 Å². The van der Waals surface area contributed by atoms with Crippen molar-refractivity contribution in [2.24, 2.45) is 0 Å². The number of hydrogen-bond acceptors (Lipinski definition) is 2. The number of carbonyl (C=O) groups is 1. The molecule has 0 heterocycles. The summed E-state index contributed by atoms with van der Waals surface area (Å²) in [5, 5.41) is 0. The minimum absolute atomic E-state index is 0.542. The average Bonchev–Trinajstić information content (AvgIpc) is 3.18. The second-order valence-corrected chi connectivity index (χ2v) is 7.28. The van der Waals surface area contributed by atoms with E-state index in [1.165, 1.54) is 33.4 Å². The molecule has 0 saturated heterocycles. The molecule has 0 N–H and O–H groups in total. The van der Waals surface area contributed by atoms with Gasteiger partial charge in [-0.15, -0.1) is 0 Å². The number of carbonyl (C=O) groups excluding carboxylic acids is 1. The highest BCUT2D eigenvalue weighted by Gasteiger charge is 2.21. The Morgan fingerprint density at radius 3 is 2.52 bits per heavy atom. The molecule has 3 aromatic carbocycles. The molecular formula is C25H24O2. The molecule has 1 aliphatic carbocycles. The van der Waals surface area contributed by atoms with Crippen LogP contribution in [0.25, 0.3) is 11.1 Å². The summed E-state index contributed by atoms with van der Waals surface area (Å²) in [5.74, 6) is 0.970. The molecule has 0 saturated carbocycles. The van der Waals surface area contributed by atoms with E-state index in [1.54, 1.807) is 0 Å². The van der Waals surface area contributed by atoms with Crippen molar-refractivity contribution in [1.82, 2.24) is 0 Å². The molecule has 0 radical (unpaired) electrons. The monoisotopic (exact) mass is 356 g/mol. The first-order valence-corrected chi connectivity index (χ1v) is 9.56. The van der Waals surface area contributed by atoms with Gasteiger partial charge in [-0.25, -0.2) is 0 Å².